The predicted octanol–water partition coefficient (Wildman–Crippen LogP) is 3.05. The van der Waals surface area contributed by atoms with Gasteiger partial charge in [-0.3, -0.25) is 4.79 Å². The Labute approximate surface area is 135 Å². The normalized spacial score (nSPS) is 20.0. The second-order valence-corrected chi connectivity index (χ2v) is 7.14. The molecule has 1 N–H and O–H groups in total. The second-order valence-electron chi connectivity index (χ2n) is 6.23. The van der Waals surface area contributed by atoms with Crippen LogP contribution in [-0.2, 0) is 0 Å². The molecule has 2 aliphatic rings. The molecule has 1 saturated heterocycles. The fourth-order valence-electron chi connectivity index (χ4n) is 3.12. The molecule has 5 heteroatoms. The fraction of sp³-hybridized carbons (Fsp3) is 0.688. The van der Waals surface area contributed by atoms with E-state index in [1.807, 2.05) is 11.0 Å². The standard InChI is InChI=1S/C16H24BrN3O/c1-2-18-10-12-5-7-19(8-6-12)16(21)15-9-13(17)11-20(15)14-3-4-14/h9,11-12,14,18H,2-8,10H2,1H3. The number of carbonyl (C=O) groups excluding carboxylic acids is 1. The van der Waals surface area contributed by atoms with Crippen LogP contribution in [0.3, 0.4) is 0 Å². The minimum Gasteiger partial charge on any atom is -0.339 e. The number of amides is 1. The van der Waals surface area contributed by atoms with Crippen molar-refractivity contribution in [2.45, 2.75) is 38.6 Å². The van der Waals surface area contributed by atoms with Crippen LogP contribution in [0.5, 0.6) is 0 Å². The quantitative estimate of drug-likeness (QED) is 0.883. The van der Waals surface area contributed by atoms with Crippen LogP contribution in [0.4, 0.5) is 0 Å². The van der Waals surface area contributed by atoms with Crippen molar-refractivity contribution in [2.75, 3.05) is 26.2 Å². The van der Waals surface area contributed by atoms with Crippen LogP contribution in [0.15, 0.2) is 16.7 Å². The lowest BCUT2D eigenvalue weighted by molar-refractivity contribution is 0.0679. The fourth-order valence-corrected chi connectivity index (χ4v) is 3.56. The van der Waals surface area contributed by atoms with Gasteiger partial charge in [0.25, 0.3) is 5.91 Å². The number of hydrogen-bond donors (Lipinski definition) is 1. The Bertz CT molecular complexity index is 502. The predicted molar refractivity (Wildman–Crippen MR) is 87.6 cm³/mol. The molecule has 0 atom stereocenters. The van der Waals surface area contributed by atoms with Crippen molar-refractivity contribution >= 4 is 21.8 Å². The van der Waals surface area contributed by atoms with Crippen LogP contribution in [0.25, 0.3) is 0 Å². The molecule has 0 unspecified atom stereocenters. The van der Waals surface area contributed by atoms with Gasteiger partial charge in [-0.05, 0) is 66.7 Å². The van der Waals surface area contributed by atoms with E-state index >= 15 is 0 Å². The van der Waals surface area contributed by atoms with Crippen LogP contribution >= 0.6 is 15.9 Å². The van der Waals surface area contributed by atoms with Crippen molar-refractivity contribution in [3.63, 3.8) is 0 Å². The van der Waals surface area contributed by atoms with Crippen molar-refractivity contribution in [3.8, 4) is 0 Å². The summed E-state index contributed by atoms with van der Waals surface area (Å²) in [7, 11) is 0. The zero-order chi connectivity index (χ0) is 14.8. The molecule has 1 aromatic heterocycles. The van der Waals surface area contributed by atoms with Gasteiger partial charge < -0.3 is 14.8 Å². The molecule has 4 nitrogen and oxygen atoms in total. The molecule has 1 saturated carbocycles. The first kappa shape index (κ1) is 15.1. The monoisotopic (exact) mass is 353 g/mol. The van der Waals surface area contributed by atoms with Gasteiger partial charge in [0.05, 0.1) is 0 Å². The number of aromatic nitrogens is 1. The molecule has 1 aliphatic heterocycles. The highest BCUT2D eigenvalue weighted by atomic mass is 79.9. The van der Waals surface area contributed by atoms with E-state index in [9.17, 15) is 4.79 Å². The molecule has 3 rings (SSSR count). The van der Waals surface area contributed by atoms with Crippen molar-refractivity contribution in [1.29, 1.82) is 0 Å². The molecule has 1 amide bonds. The van der Waals surface area contributed by atoms with E-state index in [2.05, 4.69) is 38.9 Å². The molecule has 0 radical (unpaired) electrons. The summed E-state index contributed by atoms with van der Waals surface area (Å²) in [6.45, 7) is 6.04. The molecule has 21 heavy (non-hydrogen) atoms. The van der Waals surface area contributed by atoms with Gasteiger partial charge in [0, 0.05) is 29.8 Å². The van der Waals surface area contributed by atoms with Crippen LogP contribution in [0.2, 0.25) is 0 Å². The number of nitrogens with one attached hydrogen (secondary N) is 1. The first-order valence-electron chi connectivity index (χ1n) is 8.06. The SMILES string of the molecule is CCNCC1CCN(C(=O)c2cc(Br)cn2C2CC2)CC1. The third kappa shape index (κ3) is 3.51. The van der Waals surface area contributed by atoms with E-state index in [4.69, 9.17) is 0 Å². The van der Waals surface area contributed by atoms with Crippen molar-refractivity contribution in [1.82, 2.24) is 14.8 Å². The van der Waals surface area contributed by atoms with E-state index < -0.39 is 0 Å². The van der Waals surface area contributed by atoms with Gasteiger partial charge >= 0.3 is 0 Å². The summed E-state index contributed by atoms with van der Waals surface area (Å²) in [6, 6.07) is 2.52. The maximum atomic E-state index is 12.8. The third-order valence-electron chi connectivity index (χ3n) is 4.56. The van der Waals surface area contributed by atoms with Crippen LogP contribution in [0.1, 0.15) is 49.1 Å². The highest BCUT2D eigenvalue weighted by Crippen LogP contribution is 2.38. The molecule has 116 valence electrons. The van der Waals surface area contributed by atoms with E-state index in [-0.39, 0.29) is 5.91 Å². The van der Waals surface area contributed by atoms with Crippen LogP contribution in [0, 0.1) is 5.92 Å². The molecule has 2 fully saturated rings. The van der Waals surface area contributed by atoms with Gasteiger partial charge in [0.2, 0.25) is 0 Å². The van der Waals surface area contributed by atoms with Gasteiger partial charge in [-0.1, -0.05) is 6.92 Å². The van der Waals surface area contributed by atoms with E-state index in [0.29, 0.717) is 6.04 Å². The maximum absolute atomic E-state index is 12.8. The van der Waals surface area contributed by atoms with Gasteiger partial charge in [0.1, 0.15) is 5.69 Å². The molecule has 0 bridgehead atoms. The summed E-state index contributed by atoms with van der Waals surface area (Å²) in [5.74, 6) is 0.922. The highest BCUT2D eigenvalue weighted by Gasteiger charge is 2.30. The maximum Gasteiger partial charge on any atom is 0.270 e. The molecule has 0 aromatic carbocycles. The van der Waals surface area contributed by atoms with Gasteiger partial charge in [-0.2, -0.15) is 0 Å². The average Bonchev–Trinajstić information content (AvgIpc) is 3.27. The number of hydrogen-bond acceptors (Lipinski definition) is 2. The Morgan fingerprint density at radius 1 is 1.33 bits per heavy atom. The minimum absolute atomic E-state index is 0.203. The van der Waals surface area contributed by atoms with Gasteiger partial charge in [0.15, 0.2) is 0 Å². The van der Waals surface area contributed by atoms with Crippen LogP contribution in [-0.4, -0.2) is 41.6 Å². The Hall–Kier alpha value is -0.810. The number of likely N-dealkylation sites (tertiary alicyclic amines) is 1. The number of nitrogens with zero attached hydrogens (tertiary/aromatic N) is 2. The average molecular weight is 354 g/mol. The van der Waals surface area contributed by atoms with Crippen LogP contribution < -0.4 is 5.32 Å². The van der Waals surface area contributed by atoms with E-state index in [1.165, 1.54) is 12.8 Å². The molecular formula is C16H24BrN3O. The lowest BCUT2D eigenvalue weighted by atomic mass is 9.96. The Balaban J connectivity index is 1.61. The zero-order valence-corrected chi connectivity index (χ0v) is 14.2. The zero-order valence-electron chi connectivity index (χ0n) is 12.6. The molecule has 0 spiro atoms. The smallest absolute Gasteiger partial charge is 0.270 e. The van der Waals surface area contributed by atoms with Gasteiger partial charge in [-0.25, -0.2) is 0 Å². The summed E-state index contributed by atoms with van der Waals surface area (Å²) in [5.41, 5.74) is 0.856. The third-order valence-corrected chi connectivity index (χ3v) is 4.99. The minimum atomic E-state index is 0.203. The van der Waals surface area contributed by atoms with Gasteiger partial charge in [-0.15, -0.1) is 0 Å². The molecule has 1 aromatic rings. The Morgan fingerprint density at radius 2 is 2.05 bits per heavy atom. The number of piperidine rings is 1. The summed E-state index contributed by atoms with van der Waals surface area (Å²) in [4.78, 5) is 14.8. The summed E-state index contributed by atoms with van der Waals surface area (Å²) >= 11 is 3.51. The largest absolute Gasteiger partial charge is 0.339 e. The molecular weight excluding hydrogens is 330 g/mol. The Morgan fingerprint density at radius 3 is 2.67 bits per heavy atom. The van der Waals surface area contributed by atoms with E-state index in [0.717, 1.165) is 55.1 Å². The highest BCUT2D eigenvalue weighted by molar-refractivity contribution is 9.10. The first-order valence-corrected chi connectivity index (χ1v) is 8.85. The lowest BCUT2D eigenvalue weighted by Gasteiger charge is -2.32. The Kier molecular flexibility index (Phi) is 4.69. The van der Waals surface area contributed by atoms with Crippen molar-refractivity contribution < 1.29 is 4.79 Å². The summed E-state index contributed by atoms with van der Waals surface area (Å²) < 4.78 is 3.18. The topological polar surface area (TPSA) is 37.3 Å². The summed E-state index contributed by atoms with van der Waals surface area (Å²) in [5, 5.41) is 3.42. The number of carbonyl (C=O) groups is 1. The van der Waals surface area contributed by atoms with E-state index in [1.54, 1.807) is 0 Å². The number of rotatable bonds is 5. The van der Waals surface area contributed by atoms with Crippen molar-refractivity contribution in [3.05, 3.63) is 22.4 Å². The molecule has 1 aliphatic carbocycles. The summed E-state index contributed by atoms with van der Waals surface area (Å²) in [6.07, 6.45) is 6.69. The molecule has 2 heterocycles. The lowest BCUT2D eigenvalue weighted by Crippen LogP contribution is -2.41. The van der Waals surface area contributed by atoms with Crippen molar-refractivity contribution in [2.24, 2.45) is 5.92 Å². The second kappa shape index (κ2) is 6.53. The number of halogens is 1. The first-order chi connectivity index (χ1) is 10.2.